The van der Waals surface area contributed by atoms with Gasteiger partial charge >= 0.3 is 11.9 Å². The second-order valence-electron chi connectivity index (χ2n) is 5.53. The number of esters is 1. The molecule has 0 radical (unpaired) electrons. The van der Waals surface area contributed by atoms with E-state index in [-0.39, 0.29) is 23.6 Å². The molecule has 6 nitrogen and oxygen atoms in total. The van der Waals surface area contributed by atoms with Gasteiger partial charge in [0.15, 0.2) is 5.75 Å². The largest absolute Gasteiger partial charge is 0.481 e. The Bertz CT molecular complexity index is 634. The zero-order chi connectivity index (χ0) is 18.8. The van der Waals surface area contributed by atoms with Crippen LogP contribution in [0.1, 0.15) is 55.8 Å². The fourth-order valence-electron chi connectivity index (χ4n) is 2.21. The van der Waals surface area contributed by atoms with Crippen molar-refractivity contribution >= 4 is 49.7 Å². The molecule has 0 atom stereocenters. The molecule has 2 N–H and O–H groups in total. The van der Waals surface area contributed by atoms with Crippen molar-refractivity contribution in [1.29, 1.82) is 0 Å². The molecule has 0 unspecified atom stereocenters. The first-order valence-electron chi connectivity index (χ1n) is 7.98. The minimum Gasteiger partial charge on any atom is -0.481 e. The molecule has 0 fully saturated rings. The van der Waals surface area contributed by atoms with E-state index in [9.17, 15) is 14.4 Å². The summed E-state index contributed by atoms with van der Waals surface area (Å²) in [6, 6.07) is 3.30. The second-order valence-corrected chi connectivity index (χ2v) is 7.30. The summed E-state index contributed by atoms with van der Waals surface area (Å²) < 4.78 is 6.34. The average Bonchev–Trinajstić information content (AvgIpc) is 2.51. The number of hydrogen-bond donors (Lipinski definition) is 2. The van der Waals surface area contributed by atoms with Gasteiger partial charge in [-0.05, 0) is 40.9 Å². The average molecular weight is 479 g/mol. The van der Waals surface area contributed by atoms with Crippen LogP contribution in [0.4, 0.5) is 0 Å². The normalized spacial score (nSPS) is 10.4. The molecular weight excluding hydrogens is 458 g/mol. The fraction of sp³-hybridized carbons (Fsp3) is 0.471. The van der Waals surface area contributed by atoms with Crippen LogP contribution >= 0.6 is 31.9 Å². The van der Waals surface area contributed by atoms with E-state index in [2.05, 4.69) is 37.2 Å². The number of rotatable bonds is 10. The number of aliphatic carboxylic acids is 1. The van der Waals surface area contributed by atoms with Gasteiger partial charge in [0, 0.05) is 24.4 Å². The molecule has 0 saturated heterocycles. The molecule has 8 heteroatoms. The first-order valence-corrected chi connectivity index (χ1v) is 9.57. The van der Waals surface area contributed by atoms with Crippen LogP contribution in [0.3, 0.4) is 0 Å². The Labute approximate surface area is 163 Å². The molecule has 0 aliphatic rings. The molecule has 25 heavy (non-hydrogen) atoms. The van der Waals surface area contributed by atoms with Crippen molar-refractivity contribution in [3.63, 3.8) is 0 Å². The van der Waals surface area contributed by atoms with Gasteiger partial charge in [0.1, 0.15) is 0 Å². The van der Waals surface area contributed by atoms with E-state index in [1.54, 1.807) is 12.1 Å². The van der Waals surface area contributed by atoms with Crippen LogP contribution in [0.5, 0.6) is 5.75 Å². The van der Waals surface area contributed by atoms with Gasteiger partial charge < -0.3 is 15.2 Å². The Morgan fingerprint density at radius 1 is 1.08 bits per heavy atom. The highest BCUT2D eigenvalue weighted by Crippen LogP contribution is 2.33. The number of carbonyl (C=O) groups excluding carboxylic acids is 2. The zero-order valence-corrected chi connectivity index (χ0v) is 17.1. The van der Waals surface area contributed by atoms with Crippen LogP contribution < -0.4 is 10.1 Å². The molecule has 138 valence electrons. The Kier molecular flexibility index (Phi) is 9.74. The summed E-state index contributed by atoms with van der Waals surface area (Å²) in [5, 5.41) is 11.4. The summed E-state index contributed by atoms with van der Waals surface area (Å²) in [7, 11) is 0. The van der Waals surface area contributed by atoms with Crippen LogP contribution in [0.25, 0.3) is 0 Å². The van der Waals surface area contributed by atoms with Crippen LogP contribution in [0.15, 0.2) is 21.1 Å². The van der Waals surface area contributed by atoms with Gasteiger partial charge in [-0.1, -0.05) is 35.2 Å². The number of hydrogen-bond acceptors (Lipinski definition) is 4. The number of carboxylic acid groups (broad SMARTS) is 1. The van der Waals surface area contributed by atoms with Crippen molar-refractivity contribution in [2.24, 2.45) is 0 Å². The summed E-state index contributed by atoms with van der Waals surface area (Å²) >= 11 is 6.61. The smallest absolute Gasteiger partial charge is 0.308 e. The predicted octanol–water partition coefficient (Wildman–Crippen LogP) is 4.29. The lowest BCUT2D eigenvalue weighted by atomic mass is 10.1. The molecule has 0 spiro atoms. The lowest BCUT2D eigenvalue weighted by Gasteiger charge is -2.12. The maximum Gasteiger partial charge on any atom is 0.308 e. The van der Waals surface area contributed by atoms with E-state index in [0.717, 1.165) is 25.7 Å². The highest BCUT2D eigenvalue weighted by molar-refractivity contribution is 9.11. The van der Waals surface area contributed by atoms with Gasteiger partial charge in [-0.25, -0.2) is 0 Å². The number of ether oxygens (including phenoxy) is 1. The van der Waals surface area contributed by atoms with E-state index in [4.69, 9.17) is 9.84 Å². The SMILES string of the molecule is CC(=O)Oc1c(Br)cc(Br)cc1C(=O)NCCCCCCCC(=O)O. The maximum atomic E-state index is 12.4. The van der Waals surface area contributed by atoms with E-state index >= 15 is 0 Å². The standard InChI is InChI=1S/C17H21Br2NO5/c1-11(21)25-16-13(9-12(18)10-14(16)19)17(24)20-8-6-4-2-3-5-7-15(22)23/h9-10H,2-8H2,1H3,(H,20,24)(H,22,23). The third kappa shape index (κ3) is 8.49. The molecule has 0 bridgehead atoms. The van der Waals surface area contributed by atoms with Crippen LogP contribution in [-0.2, 0) is 9.59 Å². The summed E-state index contributed by atoms with van der Waals surface area (Å²) in [6.07, 6.45) is 4.41. The Morgan fingerprint density at radius 2 is 1.72 bits per heavy atom. The number of carbonyl (C=O) groups is 3. The highest BCUT2D eigenvalue weighted by atomic mass is 79.9. The molecular formula is C17H21Br2NO5. The van der Waals surface area contributed by atoms with Crippen LogP contribution in [0.2, 0.25) is 0 Å². The number of benzene rings is 1. The lowest BCUT2D eigenvalue weighted by molar-refractivity contribution is -0.137. The van der Waals surface area contributed by atoms with Crippen molar-refractivity contribution in [2.75, 3.05) is 6.54 Å². The van der Waals surface area contributed by atoms with Gasteiger partial charge in [-0.15, -0.1) is 0 Å². The van der Waals surface area contributed by atoms with E-state index in [0.29, 0.717) is 21.9 Å². The van der Waals surface area contributed by atoms with E-state index in [1.165, 1.54) is 6.92 Å². The Balaban J connectivity index is 2.47. The van der Waals surface area contributed by atoms with Gasteiger partial charge in [-0.2, -0.15) is 0 Å². The van der Waals surface area contributed by atoms with Gasteiger partial charge in [0.2, 0.25) is 0 Å². The Morgan fingerprint density at radius 3 is 2.36 bits per heavy atom. The number of unbranched alkanes of at least 4 members (excludes halogenated alkanes) is 4. The molecule has 1 rings (SSSR count). The Hall–Kier alpha value is -1.41. The summed E-state index contributed by atoms with van der Waals surface area (Å²) in [5.74, 6) is -1.39. The van der Waals surface area contributed by atoms with Crippen molar-refractivity contribution in [3.8, 4) is 5.75 Å². The molecule has 1 aromatic rings. The third-order valence-corrected chi connectivity index (χ3v) is 4.40. The quantitative estimate of drug-likeness (QED) is 0.297. The first-order chi connectivity index (χ1) is 11.8. The van der Waals surface area contributed by atoms with Crippen molar-refractivity contribution < 1.29 is 24.2 Å². The van der Waals surface area contributed by atoms with E-state index < -0.39 is 11.9 Å². The molecule has 1 amide bonds. The molecule has 0 heterocycles. The summed E-state index contributed by atoms with van der Waals surface area (Å²) in [4.78, 5) is 34.0. The zero-order valence-electron chi connectivity index (χ0n) is 13.9. The lowest BCUT2D eigenvalue weighted by Crippen LogP contribution is -2.25. The topological polar surface area (TPSA) is 92.7 Å². The van der Waals surface area contributed by atoms with Crippen LogP contribution in [-0.4, -0.2) is 29.5 Å². The molecule has 0 aliphatic carbocycles. The number of amides is 1. The molecule has 1 aromatic carbocycles. The third-order valence-electron chi connectivity index (χ3n) is 3.35. The number of nitrogens with one attached hydrogen (secondary N) is 1. The minimum absolute atomic E-state index is 0.196. The van der Waals surface area contributed by atoms with Crippen molar-refractivity contribution in [1.82, 2.24) is 5.32 Å². The molecule has 0 saturated carbocycles. The number of carboxylic acids is 1. The van der Waals surface area contributed by atoms with Gasteiger partial charge in [0.05, 0.1) is 10.0 Å². The molecule has 0 aliphatic heterocycles. The predicted molar refractivity (Wildman–Crippen MR) is 101 cm³/mol. The van der Waals surface area contributed by atoms with Crippen LogP contribution in [0, 0.1) is 0 Å². The van der Waals surface area contributed by atoms with E-state index in [1.807, 2.05) is 0 Å². The second kappa shape index (κ2) is 11.3. The number of halogens is 2. The van der Waals surface area contributed by atoms with Gasteiger partial charge in [0.25, 0.3) is 5.91 Å². The van der Waals surface area contributed by atoms with Crippen molar-refractivity contribution in [3.05, 3.63) is 26.6 Å². The first kappa shape index (κ1) is 21.6. The fourth-order valence-corrected chi connectivity index (χ4v) is 3.51. The molecule has 0 aromatic heterocycles. The van der Waals surface area contributed by atoms with Gasteiger partial charge in [-0.3, -0.25) is 14.4 Å². The minimum atomic E-state index is -0.768. The monoisotopic (exact) mass is 477 g/mol. The van der Waals surface area contributed by atoms with Crippen molar-refractivity contribution in [2.45, 2.75) is 45.4 Å². The summed E-state index contributed by atoms with van der Waals surface area (Å²) in [6.45, 7) is 1.78. The maximum absolute atomic E-state index is 12.4. The summed E-state index contributed by atoms with van der Waals surface area (Å²) in [5.41, 5.74) is 0.276. The highest BCUT2D eigenvalue weighted by Gasteiger charge is 2.18.